The molecule has 30 heavy (non-hydrogen) atoms. The predicted molar refractivity (Wildman–Crippen MR) is 108 cm³/mol. The normalized spacial score (nSPS) is 14.7. The number of likely N-dealkylation sites (tertiary alicyclic amines) is 1. The number of hydrogen-bond acceptors (Lipinski definition) is 8. The van der Waals surface area contributed by atoms with Crippen molar-refractivity contribution < 1.29 is 19.4 Å². The molecule has 4 rings (SSSR count). The first-order chi connectivity index (χ1) is 14.6. The van der Waals surface area contributed by atoms with Crippen LogP contribution in [0.1, 0.15) is 19.3 Å². The Kier molecular flexibility index (Phi) is 6.07. The zero-order valence-corrected chi connectivity index (χ0v) is 16.9. The fraction of sp³-hybridized carbons (Fsp3) is 0.368. The van der Waals surface area contributed by atoms with Gasteiger partial charge in [0.2, 0.25) is 5.16 Å². The molecule has 1 aromatic carbocycles. The highest BCUT2D eigenvalue weighted by Gasteiger charge is 2.26. The summed E-state index contributed by atoms with van der Waals surface area (Å²) in [5, 5.41) is 22.1. The molecule has 2 aromatic heterocycles. The number of hydrogen-bond donors (Lipinski definition) is 1. The molecule has 1 aliphatic rings. The average molecular weight is 428 g/mol. The van der Waals surface area contributed by atoms with E-state index in [1.807, 2.05) is 18.2 Å². The number of nitrogens with zero attached hydrogens (tertiary/aromatic N) is 6. The maximum absolute atomic E-state index is 12.5. The highest BCUT2D eigenvalue weighted by Crippen LogP contribution is 2.29. The summed E-state index contributed by atoms with van der Waals surface area (Å²) in [5.74, 6) is -0.421. The number of fused-ring (bicyclic) bond motifs is 1. The number of aromatic nitrogens is 5. The molecule has 3 aromatic rings. The maximum atomic E-state index is 12.5. The van der Waals surface area contributed by atoms with Gasteiger partial charge in [-0.15, -0.1) is 5.10 Å². The molecule has 0 saturated carbocycles. The van der Waals surface area contributed by atoms with Gasteiger partial charge in [0.05, 0.1) is 18.5 Å². The van der Waals surface area contributed by atoms with Gasteiger partial charge in [0.1, 0.15) is 5.75 Å². The van der Waals surface area contributed by atoms with Crippen molar-refractivity contribution in [1.29, 1.82) is 0 Å². The van der Waals surface area contributed by atoms with Crippen LogP contribution in [0, 0.1) is 0 Å². The summed E-state index contributed by atoms with van der Waals surface area (Å²) in [4.78, 5) is 29.2. The number of tetrazole rings is 1. The summed E-state index contributed by atoms with van der Waals surface area (Å²) in [6.07, 6.45) is 2.83. The quantitative estimate of drug-likeness (QED) is 0.630. The molecule has 0 aliphatic carbocycles. The molecule has 0 unspecified atom stereocenters. The van der Waals surface area contributed by atoms with E-state index in [4.69, 9.17) is 9.84 Å². The number of carboxylic acids is 1. The molecule has 156 valence electrons. The summed E-state index contributed by atoms with van der Waals surface area (Å²) in [6.45, 7) is 1.37. The van der Waals surface area contributed by atoms with Crippen molar-refractivity contribution in [3.8, 4) is 5.75 Å². The molecule has 0 bridgehead atoms. The van der Waals surface area contributed by atoms with Crippen molar-refractivity contribution >= 4 is 34.7 Å². The van der Waals surface area contributed by atoms with Crippen molar-refractivity contribution in [3.05, 3.63) is 36.5 Å². The van der Waals surface area contributed by atoms with Crippen LogP contribution in [0.5, 0.6) is 5.75 Å². The Morgan fingerprint density at radius 1 is 1.23 bits per heavy atom. The lowest BCUT2D eigenvalue weighted by Gasteiger charge is -2.30. The molecule has 1 fully saturated rings. The fourth-order valence-electron chi connectivity index (χ4n) is 3.20. The lowest BCUT2D eigenvalue weighted by atomic mass is 10.1. The third-order valence-electron chi connectivity index (χ3n) is 4.79. The summed E-state index contributed by atoms with van der Waals surface area (Å²) in [6, 6.07) is 9.21. The van der Waals surface area contributed by atoms with Gasteiger partial charge in [-0.2, -0.15) is 0 Å². The molecule has 1 amide bonds. The summed E-state index contributed by atoms with van der Waals surface area (Å²) >= 11 is 1.52. The Hall–Kier alpha value is -3.21. The molecule has 0 atom stereocenters. The third kappa shape index (κ3) is 4.85. The van der Waals surface area contributed by atoms with Crippen molar-refractivity contribution in [2.45, 2.75) is 36.2 Å². The Balaban J connectivity index is 1.29. The van der Waals surface area contributed by atoms with E-state index in [2.05, 4.69) is 20.5 Å². The van der Waals surface area contributed by atoms with Crippen LogP contribution in [0.2, 0.25) is 0 Å². The number of rotatable bonds is 6. The van der Waals surface area contributed by atoms with Gasteiger partial charge in [0.25, 0.3) is 0 Å². The van der Waals surface area contributed by atoms with E-state index in [1.165, 1.54) is 16.4 Å². The Morgan fingerprint density at radius 2 is 2.07 bits per heavy atom. The molecular formula is C19H20N6O4S. The number of thioether (sulfide) groups is 1. The Morgan fingerprint density at radius 3 is 2.87 bits per heavy atom. The van der Waals surface area contributed by atoms with E-state index in [0.717, 1.165) is 23.7 Å². The van der Waals surface area contributed by atoms with Gasteiger partial charge in [-0.1, -0.05) is 17.8 Å². The number of aliphatic carboxylic acids is 1. The number of piperidine rings is 1. The van der Waals surface area contributed by atoms with Crippen LogP contribution >= 0.6 is 11.8 Å². The van der Waals surface area contributed by atoms with E-state index in [0.29, 0.717) is 24.0 Å². The molecule has 1 N–H and O–H groups in total. The first kappa shape index (κ1) is 20.1. The molecule has 0 radical (unpaired) electrons. The van der Waals surface area contributed by atoms with Crippen molar-refractivity contribution in [3.63, 3.8) is 0 Å². The monoisotopic (exact) mass is 428 g/mol. The SMILES string of the molecule is O=C(O)CCn1nnnc1SC1CCN(C(=O)Oc2ccc3cccnc3c2)CC1. The lowest BCUT2D eigenvalue weighted by Crippen LogP contribution is -2.41. The zero-order valence-electron chi connectivity index (χ0n) is 16.0. The van der Waals surface area contributed by atoms with Crippen LogP contribution in [0.3, 0.4) is 0 Å². The fourth-order valence-corrected chi connectivity index (χ4v) is 4.28. The molecular weight excluding hydrogens is 408 g/mol. The maximum Gasteiger partial charge on any atom is 0.415 e. The third-order valence-corrected chi connectivity index (χ3v) is 6.10. The predicted octanol–water partition coefficient (Wildman–Crippen LogP) is 2.45. The van der Waals surface area contributed by atoms with E-state index in [9.17, 15) is 9.59 Å². The lowest BCUT2D eigenvalue weighted by molar-refractivity contribution is -0.137. The van der Waals surface area contributed by atoms with Crippen LogP contribution in [-0.2, 0) is 11.3 Å². The topological polar surface area (TPSA) is 123 Å². The second-order valence-corrected chi connectivity index (χ2v) is 8.13. The number of benzene rings is 1. The van der Waals surface area contributed by atoms with E-state index >= 15 is 0 Å². The van der Waals surface area contributed by atoms with Gasteiger partial charge in [-0.05, 0) is 41.5 Å². The smallest absolute Gasteiger partial charge is 0.415 e. The molecule has 0 spiro atoms. The highest BCUT2D eigenvalue weighted by molar-refractivity contribution is 7.99. The van der Waals surface area contributed by atoms with Crippen molar-refractivity contribution in [2.24, 2.45) is 0 Å². The van der Waals surface area contributed by atoms with Gasteiger partial charge in [0.15, 0.2) is 0 Å². The molecule has 3 heterocycles. The minimum absolute atomic E-state index is 0.0345. The van der Waals surface area contributed by atoms with E-state index in [1.54, 1.807) is 23.2 Å². The average Bonchev–Trinajstić information content (AvgIpc) is 3.19. The number of aryl methyl sites for hydroxylation is 1. The number of pyridine rings is 1. The number of carbonyl (C=O) groups excluding carboxylic acids is 1. The second kappa shape index (κ2) is 9.08. The van der Waals surface area contributed by atoms with Crippen molar-refractivity contribution in [2.75, 3.05) is 13.1 Å². The number of amides is 1. The number of ether oxygens (including phenoxy) is 1. The van der Waals surface area contributed by atoms with Gasteiger partial charge in [-0.25, -0.2) is 9.48 Å². The molecule has 1 aliphatic heterocycles. The van der Waals surface area contributed by atoms with Crippen LogP contribution in [-0.4, -0.2) is 65.6 Å². The van der Waals surface area contributed by atoms with Crippen LogP contribution in [0.25, 0.3) is 10.9 Å². The minimum Gasteiger partial charge on any atom is -0.481 e. The van der Waals surface area contributed by atoms with Crippen molar-refractivity contribution in [1.82, 2.24) is 30.1 Å². The van der Waals surface area contributed by atoms with Gasteiger partial charge in [0, 0.05) is 36.0 Å². The second-order valence-electron chi connectivity index (χ2n) is 6.86. The zero-order chi connectivity index (χ0) is 20.9. The Bertz CT molecular complexity index is 1050. The highest BCUT2D eigenvalue weighted by atomic mass is 32.2. The molecule has 1 saturated heterocycles. The van der Waals surface area contributed by atoms with Crippen LogP contribution in [0.4, 0.5) is 4.79 Å². The first-order valence-corrected chi connectivity index (χ1v) is 10.4. The number of carboxylic acid groups (broad SMARTS) is 1. The standard InChI is InChI=1S/C19H20N6O4S/c26-17(27)7-11-25-18(21-22-23-25)30-15-5-9-24(10-6-15)19(28)29-14-4-3-13-2-1-8-20-16(13)12-14/h1-4,8,12,15H,5-7,9-11H2,(H,26,27). The first-order valence-electron chi connectivity index (χ1n) is 9.54. The van der Waals surface area contributed by atoms with Gasteiger partial charge in [-0.3, -0.25) is 9.78 Å². The van der Waals surface area contributed by atoms with Gasteiger partial charge < -0.3 is 14.7 Å². The van der Waals surface area contributed by atoms with Crippen LogP contribution in [0.15, 0.2) is 41.7 Å². The van der Waals surface area contributed by atoms with Gasteiger partial charge >= 0.3 is 12.1 Å². The minimum atomic E-state index is -0.893. The summed E-state index contributed by atoms with van der Waals surface area (Å²) in [7, 11) is 0. The summed E-state index contributed by atoms with van der Waals surface area (Å²) in [5.41, 5.74) is 0.776. The molecule has 10 nitrogen and oxygen atoms in total. The van der Waals surface area contributed by atoms with E-state index < -0.39 is 5.97 Å². The van der Waals surface area contributed by atoms with Crippen LogP contribution < -0.4 is 4.74 Å². The Labute approximate surface area is 176 Å². The number of carbonyl (C=O) groups is 2. The summed E-state index contributed by atoms with van der Waals surface area (Å²) < 4.78 is 7.03. The van der Waals surface area contributed by atoms with E-state index in [-0.39, 0.29) is 24.3 Å². The largest absolute Gasteiger partial charge is 0.481 e. The molecule has 11 heteroatoms.